The smallest absolute Gasteiger partial charge is 0.162 e. The van der Waals surface area contributed by atoms with E-state index in [4.69, 9.17) is 34.8 Å². The predicted octanol–water partition coefficient (Wildman–Crippen LogP) is 4.55. The van der Waals surface area contributed by atoms with Crippen LogP contribution in [0.3, 0.4) is 0 Å². The highest BCUT2D eigenvalue weighted by Gasteiger charge is 2.10. The molecule has 0 amide bonds. The van der Waals surface area contributed by atoms with Gasteiger partial charge >= 0.3 is 0 Å². The van der Waals surface area contributed by atoms with Crippen molar-refractivity contribution in [2.45, 2.75) is 6.92 Å². The Bertz CT molecular complexity index is 544. The van der Waals surface area contributed by atoms with Gasteiger partial charge in [-0.1, -0.05) is 34.8 Å². The van der Waals surface area contributed by atoms with Crippen LogP contribution in [0.5, 0.6) is 0 Å². The average Bonchev–Trinajstić information content (AvgIpc) is 2.23. The fourth-order valence-electron chi connectivity index (χ4n) is 1.28. The van der Waals surface area contributed by atoms with Crippen molar-refractivity contribution in [1.29, 1.82) is 0 Å². The van der Waals surface area contributed by atoms with Crippen LogP contribution in [0.15, 0.2) is 18.2 Å². The van der Waals surface area contributed by atoms with E-state index in [1.807, 2.05) is 0 Å². The van der Waals surface area contributed by atoms with Gasteiger partial charge in [0.15, 0.2) is 5.82 Å². The lowest BCUT2D eigenvalue weighted by molar-refractivity contribution is 0.628. The first kappa shape index (κ1) is 12.6. The summed E-state index contributed by atoms with van der Waals surface area (Å²) in [7, 11) is 0. The van der Waals surface area contributed by atoms with Gasteiger partial charge in [-0.25, -0.2) is 14.4 Å². The summed E-state index contributed by atoms with van der Waals surface area (Å²) in [4.78, 5) is 8.06. The second-order valence-corrected chi connectivity index (χ2v) is 4.56. The fourth-order valence-corrected chi connectivity index (χ4v) is 1.89. The Labute approximate surface area is 112 Å². The van der Waals surface area contributed by atoms with Gasteiger partial charge in [0.1, 0.15) is 16.1 Å². The molecule has 0 unspecified atom stereocenters. The molecule has 1 aromatic heterocycles. The normalized spacial score (nSPS) is 10.6. The minimum atomic E-state index is -0.469. The van der Waals surface area contributed by atoms with Crippen LogP contribution < -0.4 is 0 Å². The van der Waals surface area contributed by atoms with Gasteiger partial charge in [0.25, 0.3) is 0 Å². The van der Waals surface area contributed by atoms with Crippen molar-refractivity contribution in [2.24, 2.45) is 0 Å². The molecule has 0 saturated carbocycles. The van der Waals surface area contributed by atoms with Crippen LogP contribution in [0.25, 0.3) is 11.4 Å². The van der Waals surface area contributed by atoms with E-state index in [0.29, 0.717) is 11.1 Å². The summed E-state index contributed by atoms with van der Waals surface area (Å²) in [5, 5.41) is 0.734. The molecule has 0 fully saturated rings. The number of nitrogens with zero attached hydrogens (tertiary/aromatic N) is 2. The van der Waals surface area contributed by atoms with Crippen LogP contribution in [-0.2, 0) is 0 Å². The summed E-state index contributed by atoms with van der Waals surface area (Å²) < 4.78 is 13.2. The van der Waals surface area contributed by atoms with Gasteiger partial charge in [-0.05, 0) is 25.1 Å². The third-order valence-corrected chi connectivity index (χ3v) is 3.10. The number of rotatable bonds is 1. The van der Waals surface area contributed by atoms with Crippen molar-refractivity contribution in [3.05, 3.63) is 44.9 Å². The van der Waals surface area contributed by atoms with Crippen LogP contribution in [0.1, 0.15) is 5.56 Å². The number of aromatic nitrogens is 2. The summed E-state index contributed by atoms with van der Waals surface area (Å²) in [5.74, 6) is -0.226. The Balaban J connectivity index is 2.60. The second-order valence-electron chi connectivity index (χ2n) is 3.41. The molecule has 2 rings (SSSR count). The van der Waals surface area contributed by atoms with Crippen LogP contribution in [0.2, 0.25) is 15.3 Å². The minimum absolute atomic E-state index is 0.236. The van der Waals surface area contributed by atoms with Crippen LogP contribution >= 0.6 is 34.8 Å². The standard InChI is InChI=1S/C11H6Cl3FN2/c1-5-9(13)16-11(17-10(5)14)6-2-7(12)4-8(15)3-6/h2-4H,1H3. The van der Waals surface area contributed by atoms with E-state index in [9.17, 15) is 4.39 Å². The fraction of sp³-hybridized carbons (Fsp3) is 0.0909. The number of benzene rings is 1. The summed E-state index contributed by atoms with van der Waals surface area (Å²) in [5.41, 5.74) is 1.01. The number of hydrogen-bond donors (Lipinski definition) is 0. The third kappa shape index (κ3) is 2.68. The van der Waals surface area contributed by atoms with Crippen LogP contribution in [-0.4, -0.2) is 9.97 Å². The first-order valence-electron chi connectivity index (χ1n) is 4.63. The second kappa shape index (κ2) is 4.77. The van der Waals surface area contributed by atoms with Gasteiger partial charge in [0.05, 0.1) is 0 Å². The molecule has 6 heteroatoms. The Morgan fingerprint density at radius 3 is 2.12 bits per heavy atom. The van der Waals surface area contributed by atoms with Gasteiger partial charge in [-0.15, -0.1) is 0 Å². The zero-order chi connectivity index (χ0) is 12.6. The molecule has 2 aromatic rings. The molecule has 1 heterocycles. The lowest BCUT2D eigenvalue weighted by Crippen LogP contribution is -1.94. The van der Waals surface area contributed by atoms with Gasteiger partial charge in [0.2, 0.25) is 0 Å². The third-order valence-electron chi connectivity index (χ3n) is 2.15. The summed E-state index contributed by atoms with van der Waals surface area (Å²) >= 11 is 17.5. The molecule has 0 saturated heterocycles. The molecule has 2 nitrogen and oxygen atoms in total. The highest BCUT2D eigenvalue weighted by atomic mass is 35.5. The molecule has 0 atom stereocenters. The Kier molecular flexibility index (Phi) is 3.52. The van der Waals surface area contributed by atoms with E-state index >= 15 is 0 Å². The maximum Gasteiger partial charge on any atom is 0.162 e. The Hall–Kier alpha value is -0.900. The Morgan fingerprint density at radius 1 is 1.00 bits per heavy atom. The van der Waals surface area contributed by atoms with Gasteiger partial charge in [-0.2, -0.15) is 0 Å². The lowest BCUT2D eigenvalue weighted by Gasteiger charge is -2.05. The van der Waals surface area contributed by atoms with E-state index in [2.05, 4.69) is 9.97 Å². The van der Waals surface area contributed by atoms with Gasteiger partial charge < -0.3 is 0 Å². The van der Waals surface area contributed by atoms with E-state index in [-0.39, 0.29) is 21.2 Å². The van der Waals surface area contributed by atoms with Gasteiger partial charge in [0, 0.05) is 16.1 Å². The van der Waals surface area contributed by atoms with E-state index < -0.39 is 5.82 Å². The van der Waals surface area contributed by atoms with Crippen molar-refractivity contribution in [3.8, 4) is 11.4 Å². The molecule has 0 aliphatic carbocycles. The van der Waals surface area contributed by atoms with Crippen LogP contribution in [0, 0.1) is 12.7 Å². The molecule has 0 aliphatic rings. The van der Waals surface area contributed by atoms with Crippen molar-refractivity contribution >= 4 is 34.8 Å². The molecular weight excluding hydrogens is 285 g/mol. The molecule has 0 spiro atoms. The Morgan fingerprint density at radius 2 is 1.59 bits per heavy atom. The number of halogens is 4. The molecular formula is C11H6Cl3FN2. The van der Waals surface area contributed by atoms with E-state index in [1.54, 1.807) is 13.0 Å². The SMILES string of the molecule is Cc1c(Cl)nc(-c2cc(F)cc(Cl)c2)nc1Cl. The molecule has 88 valence electrons. The molecule has 0 radical (unpaired) electrons. The largest absolute Gasteiger partial charge is 0.216 e. The summed E-state index contributed by atoms with van der Waals surface area (Å²) in [6.07, 6.45) is 0. The van der Waals surface area contributed by atoms with E-state index in [0.717, 1.165) is 0 Å². The monoisotopic (exact) mass is 290 g/mol. The zero-order valence-corrected chi connectivity index (χ0v) is 10.9. The van der Waals surface area contributed by atoms with Crippen molar-refractivity contribution in [1.82, 2.24) is 9.97 Å². The average molecular weight is 292 g/mol. The maximum absolute atomic E-state index is 13.2. The van der Waals surface area contributed by atoms with Crippen molar-refractivity contribution in [3.63, 3.8) is 0 Å². The quantitative estimate of drug-likeness (QED) is 0.720. The van der Waals surface area contributed by atoms with Crippen molar-refractivity contribution in [2.75, 3.05) is 0 Å². The molecule has 1 aromatic carbocycles. The first-order valence-corrected chi connectivity index (χ1v) is 5.77. The summed E-state index contributed by atoms with van der Waals surface area (Å²) in [6, 6.07) is 4.01. The van der Waals surface area contributed by atoms with E-state index in [1.165, 1.54) is 12.1 Å². The molecule has 17 heavy (non-hydrogen) atoms. The molecule has 0 bridgehead atoms. The highest BCUT2D eigenvalue weighted by molar-refractivity contribution is 6.34. The molecule has 0 aliphatic heterocycles. The lowest BCUT2D eigenvalue weighted by atomic mass is 10.2. The maximum atomic E-state index is 13.2. The van der Waals surface area contributed by atoms with Crippen LogP contribution in [0.4, 0.5) is 4.39 Å². The first-order chi connectivity index (χ1) is 7.97. The van der Waals surface area contributed by atoms with Gasteiger partial charge in [-0.3, -0.25) is 0 Å². The zero-order valence-electron chi connectivity index (χ0n) is 8.64. The highest BCUT2D eigenvalue weighted by Crippen LogP contribution is 2.26. The molecule has 0 N–H and O–H groups in total. The van der Waals surface area contributed by atoms with Crippen molar-refractivity contribution < 1.29 is 4.39 Å². The predicted molar refractivity (Wildman–Crippen MR) is 67.2 cm³/mol. The topological polar surface area (TPSA) is 25.8 Å². The summed E-state index contributed by atoms with van der Waals surface area (Å²) in [6.45, 7) is 1.70. The number of hydrogen-bond acceptors (Lipinski definition) is 2. The minimum Gasteiger partial charge on any atom is -0.216 e.